The summed E-state index contributed by atoms with van der Waals surface area (Å²) in [6, 6.07) is 7.36. The summed E-state index contributed by atoms with van der Waals surface area (Å²) in [4.78, 5) is 25.5. The Morgan fingerprint density at radius 3 is 2.59 bits per heavy atom. The Hall–Kier alpha value is -3.82. The molecule has 0 aliphatic carbocycles. The topological polar surface area (TPSA) is 138 Å². The molecule has 15 heteroatoms. The molecule has 0 unspecified atom stereocenters. The number of nitrogens with one attached hydrogen (secondary N) is 3. The van der Waals surface area contributed by atoms with Gasteiger partial charge in [0.15, 0.2) is 0 Å². The predicted molar refractivity (Wildman–Crippen MR) is 129 cm³/mol. The summed E-state index contributed by atoms with van der Waals surface area (Å²) in [5.74, 6) is -0.577. The summed E-state index contributed by atoms with van der Waals surface area (Å²) in [5.41, 5.74) is 2.15. The summed E-state index contributed by atoms with van der Waals surface area (Å²) in [6.45, 7) is -0.443. The van der Waals surface area contributed by atoms with E-state index in [4.69, 9.17) is 4.74 Å². The fraction of sp³-hybridized carbons (Fsp3) is 0.273. The Kier molecular flexibility index (Phi) is 8.96. The molecule has 0 fully saturated rings. The van der Waals surface area contributed by atoms with Crippen LogP contribution in [0.25, 0.3) is 0 Å². The molecule has 2 heterocycles. The second-order valence-electron chi connectivity index (χ2n) is 7.57. The SMILES string of the molecule is CNc1nccc(CNN(C(=O)c2cccnc2)c2cc(OCCNS(C)(=O)=O)cc(C(F)(F)F)c2)n1. The largest absolute Gasteiger partial charge is 0.492 e. The number of hydrogen-bond acceptors (Lipinski definition) is 9. The molecular weight excluding hydrogens is 515 g/mol. The van der Waals surface area contributed by atoms with Gasteiger partial charge >= 0.3 is 6.18 Å². The second kappa shape index (κ2) is 11.9. The molecule has 1 aromatic carbocycles. The Labute approximate surface area is 211 Å². The van der Waals surface area contributed by atoms with Crippen LogP contribution in [0.2, 0.25) is 0 Å². The van der Waals surface area contributed by atoms with Gasteiger partial charge in [-0.2, -0.15) is 13.2 Å². The van der Waals surface area contributed by atoms with E-state index in [1.807, 2.05) is 0 Å². The van der Waals surface area contributed by atoms with E-state index in [0.29, 0.717) is 11.6 Å². The number of nitrogens with zero attached hydrogens (tertiary/aromatic N) is 4. The summed E-state index contributed by atoms with van der Waals surface area (Å²) < 4.78 is 71.1. The molecule has 0 atom stereocenters. The monoisotopic (exact) mass is 539 g/mol. The Bertz CT molecular complexity index is 1330. The number of halogens is 3. The maximum atomic E-state index is 13.7. The van der Waals surface area contributed by atoms with Crippen LogP contribution >= 0.6 is 0 Å². The number of carbonyl (C=O) groups is 1. The maximum absolute atomic E-state index is 13.7. The van der Waals surface area contributed by atoms with E-state index < -0.39 is 27.7 Å². The molecule has 0 aliphatic heterocycles. The van der Waals surface area contributed by atoms with Gasteiger partial charge in [-0.25, -0.2) is 33.5 Å². The molecule has 0 saturated heterocycles. The van der Waals surface area contributed by atoms with Crippen molar-refractivity contribution in [3.63, 3.8) is 0 Å². The summed E-state index contributed by atoms with van der Waals surface area (Å²) >= 11 is 0. The van der Waals surface area contributed by atoms with Gasteiger partial charge in [0, 0.05) is 38.2 Å². The number of carbonyl (C=O) groups excluding carboxylic acids is 1. The number of rotatable bonds is 11. The van der Waals surface area contributed by atoms with Crippen LogP contribution in [-0.4, -0.2) is 55.7 Å². The zero-order valence-electron chi connectivity index (χ0n) is 19.8. The molecule has 3 N–H and O–H groups in total. The Morgan fingerprint density at radius 1 is 1.16 bits per heavy atom. The highest BCUT2D eigenvalue weighted by Crippen LogP contribution is 2.35. The zero-order valence-corrected chi connectivity index (χ0v) is 20.6. The van der Waals surface area contributed by atoms with E-state index in [1.54, 1.807) is 13.1 Å². The third-order valence-electron chi connectivity index (χ3n) is 4.68. The minimum absolute atomic E-state index is 0.0338. The Balaban J connectivity index is 1.96. The number of hydrazine groups is 1. The van der Waals surface area contributed by atoms with Gasteiger partial charge in [-0.1, -0.05) is 0 Å². The van der Waals surface area contributed by atoms with Gasteiger partial charge in [0.1, 0.15) is 12.4 Å². The van der Waals surface area contributed by atoms with Gasteiger partial charge in [0.25, 0.3) is 5.91 Å². The normalized spacial score (nSPS) is 11.7. The highest BCUT2D eigenvalue weighted by Gasteiger charge is 2.33. The van der Waals surface area contributed by atoms with Gasteiger partial charge in [-0.05, 0) is 30.3 Å². The van der Waals surface area contributed by atoms with Crippen molar-refractivity contribution in [2.75, 3.05) is 36.8 Å². The number of sulfonamides is 1. The highest BCUT2D eigenvalue weighted by atomic mass is 32.2. The number of aromatic nitrogens is 3. The molecule has 11 nitrogen and oxygen atoms in total. The lowest BCUT2D eigenvalue weighted by molar-refractivity contribution is -0.137. The third-order valence-corrected chi connectivity index (χ3v) is 5.41. The average Bonchev–Trinajstić information content (AvgIpc) is 2.86. The summed E-state index contributed by atoms with van der Waals surface area (Å²) in [5, 5.41) is 3.72. The van der Waals surface area contributed by atoms with E-state index in [9.17, 15) is 26.4 Å². The van der Waals surface area contributed by atoms with Gasteiger partial charge in [0.05, 0.1) is 35.3 Å². The van der Waals surface area contributed by atoms with E-state index in [-0.39, 0.29) is 36.7 Å². The fourth-order valence-corrected chi connectivity index (χ4v) is 3.48. The maximum Gasteiger partial charge on any atom is 0.416 e. The lowest BCUT2D eigenvalue weighted by Crippen LogP contribution is -2.43. The van der Waals surface area contributed by atoms with Gasteiger partial charge in [-0.3, -0.25) is 9.78 Å². The zero-order chi connectivity index (χ0) is 27.1. The van der Waals surface area contributed by atoms with Crippen molar-refractivity contribution in [3.05, 3.63) is 71.8 Å². The molecule has 0 bridgehead atoms. The molecule has 0 aliphatic rings. The summed E-state index contributed by atoms with van der Waals surface area (Å²) in [7, 11) is -1.88. The molecule has 0 saturated carbocycles. The Morgan fingerprint density at radius 2 is 1.95 bits per heavy atom. The smallest absolute Gasteiger partial charge is 0.416 e. The van der Waals surface area contributed by atoms with Gasteiger partial charge in [0.2, 0.25) is 16.0 Å². The van der Waals surface area contributed by atoms with E-state index in [1.165, 1.54) is 36.8 Å². The van der Waals surface area contributed by atoms with Crippen molar-refractivity contribution < 1.29 is 31.1 Å². The molecule has 37 heavy (non-hydrogen) atoms. The lowest BCUT2D eigenvalue weighted by Gasteiger charge is -2.25. The van der Waals surface area contributed by atoms with E-state index in [2.05, 4.69) is 30.4 Å². The standard InChI is InChI=1S/C22H24F3N7O4S/c1-26-21-28-7-5-17(31-21)14-29-32(20(33)15-4-3-6-27-13-15)18-10-16(22(23,24)25)11-19(12-18)36-9-8-30-37(2,34)35/h3-7,10-13,29-30H,8-9,14H2,1-2H3,(H,26,28,31). The fourth-order valence-electron chi connectivity index (χ4n) is 3.03. The first-order chi connectivity index (χ1) is 17.5. The lowest BCUT2D eigenvalue weighted by atomic mass is 10.1. The van der Waals surface area contributed by atoms with E-state index in [0.717, 1.165) is 23.4 Å². The van der Waals surface area contributed by atoms with Crippen LogP contribution in [-0.2, 0) is 22.7 Å². The molecule has 3 aromatic rings. The number of ether oxygens (including phenoxy) is 1. The third kappa shape index (κ3) is 8.37. The molecule has 0 radical (unpaired) electrons. The molecule has 3 rings (SSSR count). The number of pyridine rings is 1. The molecule has 0 spiro atoms. The van der Waals surface area contributed by atoms with Gasteiger partial charge in [-0.15, -0.1) is 0 Å². The quantitative estimate of drug-likeness (QED) is 0.247. The van der Waals surface area contributed by atoms with E-state index >= 15 is 0 Å². The molecule has 198 valence electrons. The number of benzene rings is 1. The van der Waals surface area contributed by atoms with Crippen LogP contribution in [0, 0.1) is 0 Å². The van der Waals surface area contributed by atoms with Crippen molar-refractivity contribution in [2.45, 2.75) is 12.7 Å². The number of hydrogen-bond donors (Lipinski definition) is 3. The van der Waals surface area contributed by atoms with Gasteiger partial charge < -0.3 is 10.1 Å². The van der Waals surface area contributed by atoms with Crippen molar-refractivity contribution in [2.24, 2.45) is 0 Å². The average molecular weight is 540 g/mol. The molecule has 2 aromatic heterocycles. The first-order valence-electron chi connectivity index (χ1n) is 10.7. The minimum Gasteiger partial charge on any atom is -0.492 e. The molecule has 1 amide bonds. The molecular formula is C22H24F3N7O4S. The minimum atomic E-state index is -4.75. The summed E-state index contributed by atoms with van der Waals surface area (Å²) in [6.07, 6.45) is 0.415. The van der Waals surface area contributed by atoms with Crippen molar-refractivity contribution in [1.29, 1.82) is 0 Å². The first-order valence-corrected chi connectivity index (χ1v) is 12.6. The van der Waals surface area contributed by atoms with Crippen LogP contribution in [0.5, 0.6) is 5.75 Å². The number of alkyl halides is 3. The predicted octanol–water partition coefficient (Wildman–Crippen LogP) is 2.21. The van der Waals surface area contributed by atoms with Crippen LogP contribution < -0.4 is 25.2 Å². The van der Waals surface area contributed by atoms with Crippen LogP contribution in [0.4, 0.5) is 24.8 Å². The van der Waals surface area contributed by atoms with Crippen molar-refractivity contribution >= 4 is 27.6 Å². The van der Waals surface area contributed by atoms with Crippen LogP contribution in [0.3, 0.4) is 0 Å². The number of amides is 1. The van der Waals surface area contributed by atoms with Crippen molar-refractivity contribution in [3.8, 4) is 5.75 Å². The first kappa shape index (κ1) is 27.8. The van der Waals surface area contributed by atoms with Crippen molar-refractivity contribution in [1.82, 2.24) is 25.1 Å². The highest BCUT2D eigenvalue weighted by molar-refractivity contribution is 7.88. The number of anilines is 2. The van der Waals surface area contributed by atoms with Crippen LogP contribution in [0.15, 0.2) is 55.0 Å². The van der Waals surface area contributed by atoms with Crippen LogP contribution in [0.1, 0.15) is 21.6 Å². The second-order valence-corrected chi connectivity index (χ2v) is 9.40.